The van der Waals surface area contributed by atoms with Crippen molar-refractivity contribution in [2.45, 2.75) is 39.3 Å². The van der Waals surface area contributed by atoms with E-state index in [1.165, 1.54) is 35.7 Å². The summed E-state index contributed by atoms with van der Waals surface area (Å²) in [6, 6.07) is 4.85. The Labute approximate surface area is 102 Å². The molecule has 3 heteroatoms. The molecule has 0 aromatic carbocycles. The molecule has 0 aliphatic carbocycles. The maximum atomic E-state index is 5.95. The SMILES string of the molecule is Cc1ccc(CN2CCC(C(C)N)CC2)s1. The van der Waals surface area contributed by atoms with Gasteiger partial charge in [-0.25, -0.2) is 0 Å². The molecule has 0 bridgehead atoms. The normalized spacial score (nSPS) is 21.2. The second kappa shape index (κ2) is 5.30. The monoisotopic (exact) mass is 238 g/mol. The highest BCUT2D eigenvalue weighted by atomic mass is 32.1. The lowest BCUT2D eigenvalue weighted by Gasteiger charge is -2.33. The molecule has 1 saturated heterocycles. The molecule has 16 heavy (non-hydrogen) atoms. The van der Waals surface area contributed by atoms with Crippen LogP contribution in [0.15, 0.2) is 12.1 Å². The van der Waals surface area contributed by atoms with Crippen LogP contribution in [0.3, 0.4) is 0 Å². The minimum Gasteiger partial charge on any atom is -0.328 e. The van der Waals surface area contributed by atoms with Crippen LogP contribution in [0.1, 0.15) is 29.5 Å². The van der Waals surface area contributed by atoms with Gasteiger partial charge in [0.15, 0.2) is 0 Å². The lowest BCUT2D eigenvalue weighted by atomic mass is 9.91. The van der Waals surface area contributed by atoms with Crippen molar-refractivity contribution in [3.8, 4) is 0 Å². The second-order valence-electron chi connectivity index (χ2n) is 4.99. The van der Waals surface area contributed by atoms with Crippen LogP contribution in [-0.2, 0) is 6.54 Å². The van der Waals surface area contributed by atoms with Crippen LogP contribution in [0.4, 0.5) is 0 Å². The summed E-state index contributed by atoms with van der Waals surface area (Å²) in [6.07, 6.45) is 2.53. The zero-order valence-electron chi connectivity index (χ0n) is 10.3. The number of rotatable bonds is 3. The predicted octanol–water partition coefficient (Wildman–Crippen LogP) is 2.62. The molecule has 1 fully saturated rings. The summed E-state index contributed by atoms with van der Waals surface area (Å²) < 4.78 is 0. The summed E-state index contributed by atoms with van der Waals surface area (Å²) >= 11 is 1.92. The van der Waals surface area contributed by atoms with E-state index in [2.05, 4.69) is 30.9 Å². The molecule has 2 N–H and O–H groups in total. The van der Waals surface area contributed by atoms with Crippen LogP contribution < -0.4 is 5.73 Å². The number of aryl methyl sites for hydroxylation is 1. The second-order valence-corrected chi connectivity index (χ2v) is 6.36. The minimum absolute atomic E-state index is 0.367. The Balaban J connectivity index is 1.81. The quantitative estimate of drug-likeness (QED) is 0.877. The Hall–Kier alpha value is -0.380. The molecule has 1 aliphatic rings. The van der Waals surface area contributed by atoms with Gasteiger partial charge >= 0.3 is 0 Å². The number of likely N-dealkylation sites (tertiary alicyclic amines) is 1. The van der Waals surface area contributed by atoms with E-state index in [-0.39, 0.29) is 0 Å². The van der Waals surface area contributed by atoms with Crippen molar-refractivity contribution in [3.05, 3.63) is 21.9 Å². The third-order valence-electron chi connectivity index (χ3n) is 3.55. The zero-order valence-corrected chi connectivity index (χ0v) is 11.1. The van der Waals surface area contributed by atoms with E-state index >= 15 is 0 Å². The number of hydrogen-bond acceptors (Lipinski definition) is 3. The number of thiophene rings is 1. The standard InChI is InChI=1S/C13H22N2S/c1-10-3-4-13(16-10)9-15-7-5-12(6-8-15)11(2)14/h3-4,11-12H,5-9,14H2,1-2H3. The largest absolute Gasteiger partial charge is 0.328 e. The molecule has 1 atom stereocenters. The molecule has 1 aliphatic heterocycles. The molecule has 0 radical (unpaired) electrons. The molecule has 1 aromatic heterocycles. The van der Waals surface area contributed by atoms with Crippen molar-refractivity contribution in [3.63, 3.8) is 0 Å². The summed E-state index contributed by atoms with van der Waals surface area (Å²) in [5.74, 6) is 0.737. The van der Waals surface area contributed by atoms with E-state index in [9.17, 15) is 0 Å². The molecule has 90 valence electrons. The Morgan fingerprint density at radius 3 is 2.62 bits per heavy atom. The van der Waals surface area contributed by atoms with Gasteiger partial charge in [0.05, 0.1) is 0 Å². The maximum absolute atomic E-state index is 5.95. The summed E-state index contributed by atoms with van der Waals surface area (Å²) in [7, 11) is 0. The molecular formula is C13H22N2S. The van der Waals surface area contributed by atoms with Gasteiger partial charge in [0.2, 0.25) is 0 Å². The Bertz CT molecular complexity index is 324. The van der Waals surface area contributed by atoms with Gasteiger partial charge in [-0.1, -0.05) is 0 Å². The highest BCUT2D eigenvalue weighted by molar-refractivity contribution is 7.11. The van der Waals surface area contributed by atoms with Crippen molar-refractivity contribution in [2.75, 3.05) is 13.1 Å². The maximum Gasteiger partial charge on any atom is 0.0328 e. The third-order valence-corrected chi connectivity index (χ3v) is 4.54. The first-order valence-electron chi connectivity index (χ1n) is 6.18. The number of hydrogen-bond donors (Lipinski definition) is 1. The van der Waals surface area contributed by atoms with Crippen LogP contribution in [0.25, 0.3) is 0 Å². The summed E-state index contributed by atoms with van der Waals surface area (Å²) in [5, 5.41) is 0. The topological polar surface area (TPSA) is 29.3 Å². The highest BCUT2D eigenvalue weighted by Crippen LogP contribution is 2.23. The summed E-state index contributed by atoms with van der Waals surface area (Å²) in [5.41, 5.74) is 5.95. The third kappa shape index (κ3) is 3.06. The van der Waals surface area contributed by atoms with Gasteiger partial charge in [-0.3, -0.25) is 4.90 Å². The Morgan fingerprint density at radius 1 is 1.44 bits per heavy atom. The lowest BCUT2D eigenvalue weighted by Crippen LogP contribution is -2.39. The van der Waals surface area contributed by atoms with Crippen LogP contribution in [-0.4, -0.2) is 24.0 Å². The fourth-order valence-electron chi connectivity index (χ4n) is 2.43. The van der Waals surface area contributed by atoms with E-state index in [1.54, 1.807) is 0 Å². The molecule has 2 rings (SSSR count). The van der Waals surface area contributed by atoms with E-state index in [0.29, 0.717) is 6.04 Å². The molecular weight excluding hydrogens is 216 g/mol. The van der Waals surface area contributed by atoms with E-state index in [1.807, 2.05) is 11.3 Å². The van der Waals surface area contributed by atoms with Crippen molar-refractivity contribution < 1.29 is 0 Å². The Morgan fingerprint density at radius 2 is 2.12 bits per heavy atom. The van der Waals surface area contributed by atoms with Gasteiger partial charge in [-0.05, 0) is 57.8 Å². The first kappa shape index (κ1) is 12.1. The van der Waals surface area contributed by atoms with E-state index in [4.69, 9.17) is 5.73 Å². The van der Waals surface area contributed by atoms with Crippen molar-refractivity contribution >= 4 is 11.3 Å². The number of nitrogens with zero attached hydrogens (tertiary/aromatic N) is 1. The average molecular weight is 238 g/mol. The molecule has 0 amide bonds. The van der Waals surface area contributed by atoms with Crippen molar-refractivity contribution in [1.29, 1.82) is 0 Å². The highest BCUT2D eigenvalue weighted by Gasteiger charge is 2.21. The lowest BCUT2D eigenvalue weighted by molar-refractivity contribution is 0.167. The van der Waals surface area contributed by atoms with Crippen molar-refractivity contribution in [1.82, 2.24) is 4.90 Å². The summed E-state index contributed by atoms with van der Waals surface area (Å²) in [6.45, 7) is 7.87. The molecule has 1 aromatic rings. The predicted molar refractivity (Wildman–Crippen MR) is 70.7 cm³/mol. The van der Waals surface area contributed by atoms with Crippen LogP contribution in [0, 0.1) is 12.8 Å². The van der Waals surface area contributed by atoms with Crippen LogP contribution in [0.5, 0.6) is 0 Å². The zero-order chi connectivity index (χ0) is 11.5. The van der Waals surface area contributed by atoms with Gasteiger partial charge in [-0.2, -0.15) is 0 Å². The Kier molecular flexibility index (Phi) is 4.00. The van der Waals surface area contributed by atoms with Gasteiger partial charge in [0.1, 0.15) is 0 Å². The number of nitrogens with two attached hydrogens (primary N) is 1. The molecule has 2 heterocycles. The van der Waals surface area contributed by atoms with Gasteiger partial charge in [0.25, 0.3) is 0 Å². The minimum atomic E-state index is 0.367. The average Bonchev–Trinajstić information content (AvgIpc) is 2.65. The first-order valence-corrected chi connectivity index (χ1v) is 7.00. The molecule has 1 unspecified atom stereocenters. The first-order chi connectivity index (χ1) is 7.65. The van der Waals surface area contributed by atoms with Gasteiger partial charge < -0.3 is 5.73 Å². The van der Waals surface area contributed by atoms with Crippen LogP contribution >= 0.6 is 11.3 Å². The fourth-order valence-corrected chi connectivity index (χ4v) is 3.36. The molecule has 2 nitrogen and oxygen atoms in total. The van der Waals surface area contributed by atoms with Crippen LogP contribution in [0.2, 0.25) is 0 Å². The van der Waals surface area contributed by atoms with E-state index < -0.39 is 0 Å². The summed E-state index contributed by atoms with van der Waals surface area (Å²) in [4.78, 5) is 5.47. The molecule has 0 spiro atoms. The van der Waals surface area contributed by atoms with Gasteiger partial charge in [-0.15, -0.1) is 11.3 Å². The fraction of sp³-hybridized carbons (Fsp3) is 0.692. The van der Waals surface area contributed by atoms with Crippen molar-refractivity contribution in [2.24, 2.45) is 11.7 Å². The van der Waals surface area contributed by atoms with E-state index in [0.717, 1.165) is 12.5 Å². The van der Waals surface area contributed by atoms with Gasteiger partial charge in [0, 0.05) is 22.3 Å². The smallest absolute Gasteiger partial charge is 0.0328 e. The number of piperidine rings is 1. The molecule has 0 saturated carbocycles.